The molecule has 4 nitrogen and oxygen atoms in total. The molecule has 2 aromatic rings. The second-order valence-corrected chi connectivity index (χ2v) is 4.98. The molecule has 0 aliphatic rings. The Labute approximate surface area is 117 Å². The number of hydrogen-bond acceptors (Lipinski definition) is 2. The van der Waals surface area contributed by atoms with Gasteiger partial charge in [-0.1, -0.05) is 6.07 Å². The van der Waals surface area contributed by atoms with Crippen molar-refractivity contribution >= 4 is 11.6 Å². The molecule has 1 heterocycles. The third-order valence-corrected chi connectivity index (χ3v) is 3.05. The molecule has 0 fully saturated rings. The van der Waals surface area contributed by atoms with E-state index in [2.05, 4.69) is 10.4 Å². The summed E-state index contributed by atoms with van der Waals surface area (Å²) in [4.78, 5) is 12.0. The zero-order valence-corrected chi connectivity index (χ0v) is 11.9. The van der Waals surface area contributed by atoms with E-state index in [-0.39, 0.29) is 17.8 Å². The maximum Gasteiger partial charge on any atom is 0.226 e. The lowest BCUT2D eigenvalue weighted by Crippen LogP contribution is -2.19. The number of amides is 1. The Bertz CT molecular complexity index is 621. The van der Waals surface area contributed by atoms with Crippen molar-refractivity contribution in [3.8, 4) is 0 Å². The summed E-state index contributed by atoms with van der Waals surface area (Å²) in [6.07, 6.45) is 0.290. The van der Waals surface area contributed by atoms with Crippen molar-refractivity contribution in [3.05, 3.63) is 47.5 Å². The van der Waals surface area contributed by atoms with E-state index >= 15 is 0 Å². The van der Waals surface area contributed by atoms with Crippen LogP contribution in [-0.4, -0.2) is 15.7 Å². The summed E-state index contributed by atoms with van der Waals surface area (Å²) in [5.74, 6) is -0.523. The van der Waals surface area contributed by atoms with Crippen LogP contribution in [0.1, 0.15) is 30.8 Å². The number of carbonyl (C=O) groups excluding carboxylic acids is 1. The summed E-state index contributed by atoms with van der Waals surface area (Å²) in [6.45, 7) is 5.81. The van der Waals surface area contributed by atoms with Gasteiger partial charge in [0.1, 0.15) is 5.82 Å². The van der Waals surface area contributed by atoms with Gasteiger partial charge >= 0.3 is 0 Å². The first-order valence-electron chi connectivity index (χ1n) is 6.54. The minimum absolute atomic E-state index is 0.0442. The lowest BCUT2D eigenvalue weighted by atomic mass is 10.2. The average molecular weight is 275 g/mol. The van der Waals surface area contributed by atoms with Crippen LogP contribution in [0.25, 0.3) is 0 Å². The van der Waals surface area contributed by atoms with Crippen molar-refractivity contribution in [1.82, 2.24) is 9.78 Å². The van der Waals surface area contributed by atoms with E-state index in [0.717, 1.165) is 11.4 Å². The highest BCUT2D eigenvalue weighted by Crippen LogP contribution is 2.16. The quantitative estimate of drug-likeness (QED) is 0.931. The molecule has 2 rings (SSSR count). The molecule has 5 heteroatoms. The Morgan fingerprint density at radius 2 is 2.15 bits per heavy atom. The molecule has 0 saturated heterocycles. The number of carbonyl (C=O) groups is 1. The summed E-state index contributed by atoms with van der Waals surface area (Å²) in [5, 5.41) is 7.05. The van der Waals surface area contributed by atoms with Gasteiger partial charge in [-0.25, -0.2) is 4.39 Å². The van der Waals surface area contributed by atoms with Gasteiger partial charge in [0.25, 0.3) is 0 Å². The molecular formula is C15H18FN3O. The highest BCUT2D eigenvalue weighted by Gasteiger charge is 2.14. The van der Waals surface area contributed by atoms with Gasteiger partial charge in [0.15, 0.2) is 0 Å². The van der Waals surface area contributed by atoms with Gasteiger partial charge in [0.05, 0.1) is 11.7 Å². The maximum absolute atomic E-state index is 13.0. The second kappa shape index (κ2) is 5.86. The third kappa shape index (κ3) is 3.44. The number of nitrogens with zero attached hydrogens (tertiary/aromatic N) is 2. The van der Waals surface area contributed by atoms with Crippen molar-refractivity contribution in [3.63, 3.8) is 0 Å². The van der Waals surface area contributed by atoms with Crippen LogP contribution in [0.3, 0.4) is 0 Å². The van der Waals surface area contributed by atoms with Gasteiger partial charge in [0.2, 0.25) is 5.91 Å². The molecule has 20 heavy (non-hydrogen) atoms. The predicted octanol–water partition coefficient (Wildman–Crippen LogP) is 3.23. The van der Waals surface area contributed by atoms with Crippen molar-refractivity contribution in [2.45, 2.75) is 33.2 Å². The number of hydrogen-bond donors (Lipinski definition) is 1. The lowest BCUT2D eigenvalue weighted by Gasteiger charge is -2.14. The van der Waals surface area contributed by atoms with Crippen LogP contribution >= 0.6 is 0 Å². The minimum atomic E-state index is -0.366. The Hall–Kier alpha value is -2.17. The monoisotopic (exact) mass is 275 g/mol. The van der Waals surface area contributed by atoms with E-state index in [1.165, 1.54) is 12.1 Å². The van der Waals surface area contributed by atoms with Crippen molar-refractivity contribution in [2.24, 2.45) is 0 Å². The number of aryl methyl sites for hydroxylation is 2. The number of benzene rings is 1. The van der Waals surface area contributed by atoms with Gasteiger partial charge in [-0.05, 0) is 45.0 Å². The van der Waals surface area contributed by atoms with Crippen LogP contribution in [0.5, 0.6) is 0 Å². The zero-order valence-electron chi connectivity index (χ0n) is 11.9. The molecule has 1 amide bonds. The van der Waals surface area contributed by atoms with Crippen LogP contribution in [0.4, 0.5) is 10.1 Å². The predicted molar refractivity (Wildman–Crippen MR) is 76.1 cm³/mol. The standard InChI is InChI=1S/C15H18FN3O/c1-10-7-11(2)19(18-10)12(3)8-15(20)17-14-6-4-5-13(16)9-14/h4-7,9,12H,8H2,1-3H3,(H,17,20). The van der Waals surface area contributed by atoms with E-state index in [1.54, 1.807) is 12.1 Å². The molecule has 0 radical (unpaired) electrons. The zero-order chi connectivity index (χ0) is 14.7. The van der Waals surface area contributed by atoms with Gasteiger partial charge in [-0.2, -0.15) is 5.10 Å². The fraction of sp³-hybridized carbons (Fsp3) is 0.333. The molecule has 0 spiro atoms. The number of rotatable bonds is 4. The van der Waals surface area contributed by atoms with E-state index in [4.69, 9.17) is 0 Å². The molecule has 1 aromatic heterocycles. The Morgan fingerprint density at radius 1 is 1.40 bits per heavy atom. The van der Waals surface area contributed by atoms with Crippen LogP contribution in [-0.2, 0) is 4.79 Å². The minimum Gasteiger partial charge on any atom is -0.326 e. The molecule has 1 atom stereocenters. The summed E-state index contributed by atoms with van der Waals surface area (Å²) < 4.78 is 14.9. The largest absolute Gasteiger partial charge is 0.326 e. The van der Waals surface area contributed by atoms with Crippen LogP contribution in [0, 0.1) is 19.7 Å². The molecule has 1 aromatic carbocycles. The summed E-state index contributed by atoms with van der Waals surface area (Å²) in [6, 6.07) is 7.79. The van der Waals surface area contributed by atoms with Crippen molar-refractivity contribution < 1.29 is 9.18 Å². The molecule has 0 aliphatic heterocycles. The lowest BCUT2D eigenvalue weighted by molar-refractivity contribution is -0.116. The molecular weight excluding hydrogens is 257 g/mol. The number of aromatic nitrogens is 2. The summed E-state index contributed by atoms with van der Waals surface area (Å²) >= 11 is 0. The van der Waals surface area contributed by atoms with Crippen LogP contribution < -0.4 is 5.32 Å². The van der Waals surface area contributed by atoms with Crippen LogP contribution in [0.15, 0.2) is 30.3 Å². The van der Waals surface area contributed by atoms with Crippen molar-refractivity contribution in [2.75, 3.05) is 5.32 Å². The smallest absolute Gasteiger partial charge is 0.226 e. The first-order chi connectivity index (χ1) is 9.45. The Kier molecular flexibility index (Phi) is 4.17. The molecule has 0 saturated carbocycles. The van der Waals surface area contributed by atoms with Gasteiger partial charge in [0, 0.05) is 17.8 Å². The molecule has 0 aliphatic carbocycles. The van der Waals surface area contributed by atoms with E-state index in [9.17, 15) is 9.18 Å². The fourth-order valence-electron chi connectivity index (χ4n) is 2.23. The number of anilines is 1. The Balaban J connectivity index is 1.99. The average Bonchev–Trinajstić information content (AvgIpc) is 2.68. The molecule has 1 unspecified atom stereocenters. The molecule has 1 N–H and O–H groups in total. The first-order valence-corrected chi connectivity index (χ1v) is 6.54. The highest BCUT2D eigenvalue weighted by molar-refractivity contribution is 5.90. The van der Waals surface area contributed by atoms with Crippen molar-refractivity contribution in [1.29, 1.82) is 0 Å². The fourth-order valence-corrected chi connectivity index (χ4v) is 2.23. The van der Waals surface area contributed by atoms with E-state index in [1.807, 2.05) is 31.5 Å². The van der Waals surface area contributed by atoms with Gasteiger partial charge in [-0.15, -0.1) is 0 Å². The van der Waals surface area contributed by atoms with E-state index < -0.39 is 0 Å². The highest BCUT2D eigenvalue weighted by atomic mass is 19.1. The third-order valence-electron chi connectivity index (χ3n) is 3.05. The molecule has 106 valence electrons. The van der Waals surface area contributed by atoms with Crippen LogP contribution in [0.2, 0.25) is 0 Å². The summed E-state index contributed by atoms with van der Waals surface area (Å²) in [7, 11) is 0. The topological polar surface area (TPSA) is 46.9 Å². The van der Waals surface area contributed by atoms with Gasteiger partial charge in [-0.3, -0.25) is 9.48 Å². The summed E-state index contributed by atoms with van der Waals surface area (Å²) in [5.41, 5.74) is 2.42. The van der Waals surface area contributed by atoms with Gasteiger partial charge < -0.3 is 5.32 Å². The number of halogens is 1. The molecule has 0 bridgehead atoms. The SMILES string of the molecule is Cc1cc(C)n(C(C)CC(=O)Nc2cccc(F)c2)n1. The Morgan fingerprint density at radius 3 is 2.75 bits per heavy atom. The normalized spacial score (nSPS) is 12.2. The number of nitrogens with one attached hydrogen (secondary N) is 1. The maximum atomic E-state index is 13.0. The van der Waals surface area contributed by atoms with E-state index in [0.29, 0.717) is 12.1 Å². The second-order valence-electron chi connectivity index (χ2n) is 4.98. The first kappa shape index (κ1) is 14.2.